The van der Waals surface area contributed by atoms with Crippen LogP contribution in [0.1, 0.15) is 0 Å². The number of anilines is 1. The Labute approximate surface area is 191 Å². The Balaban J connectivity index is 1.65. The molecule has 0 aliphatic carbocycles. The normalized spacial score (nSPS) is 15.7. The second-order valence-corrected chi connectivity index (χ2v) is 8.33. The summed E-state index contributed by atoms with van der Waals surface area (Å²) >= 11 is 0. The molecular formula is C22H30N6O5. The van der Waals surface area contributed by atoms with Crippen molar-refractivity contribution < 1.29 is 14.6 Å². The Morgan fingerprint density at radius 1 is 1.00 bits per heavy atom. The fourth-order valence-electron chi connectivity index (χ4n) is 3.98. The monoisotopic (exact) mass is 458 g/mol. The molecule has 2 aromatic heterocycles. The molecule has 1 fully saturated rings. The van der Waals surface area contributed by atoms with Crippen LogP contribution in [0.4, 0.5) is 5.95 Å². The number of imidazole rings is 1. The van der Waals surface area contributed by atoms with Gasteiger partial charge in [-0.3, -0.25) is 13.9 Å². The number of hydrogen-bond acceptors (Lipinski definition) is 8. The summed E-state index contributed by atoms with van der Waals surface area (Å²) in [6.07, 6.45) is -0.905. The van der Waals surface area contributed by atoms with Gasteiger partial charge < -0.3 is 28.9 Å². The fourth-order valence-corrected chi connectivity index (χ4v) is 3.98. The van der Waals surface area contributed by atoms with E-state index in [4.69, 9.17) is 9.47 Å². The molecule has 33 heavy (non-hydrogen) atoms. The van der Waals surface area contributed by atoms with Crippen LogP contribution in [0, 0.1) is 0 Å². The minimum Gasteiger partial charge on any atom is -0.497 e. The van der Waals surface area contributed by atoms with Gasteiger partial charge in [-0.05, 0) is 31.3 Å². The van der Waals surface area contributed by atoms with Crippen LogP contribution in [-0.4, -0.2) is 81.7 Å². The first-order valence-corrected chi connectivity index (χ1v) is 10.8. The van der Waals surface area contributed by atoms with Crippen LogP contribution >= 0.6 is 0 Å². The van der Waals surface area contributed by atoms with Crippen molar-refractivity contribution >= 4 is 17.1 Å². The number of aromatic nitrogens is 4. The van der Waals surface area contributed by atoms with Crippen molar-refractivity contribution in [1.29, 1.82) is 0 Å². The molecule has 1 atom stereocenters. The number of piperazine rings is 1. The van der Waals surface area contributed by atoms with Crippen molar-refractivity contribution in [3.8, 4) is 11.5 Å². The summed E-state index contributed by atoms with van der Waals surface area (Å²) in [5.41, 5.74) is -0.285. The van der Waals surface area contributed by atoms with Gasteiger partial charge in [0.15, 0.2) is 11.2 Å². The van der Waals surface area contributed by atoms with Crippen molar-refractivity contribution in [1.82, 2.24) is 23.6 Å². The molecule has 178 valence electrons. The molecule has 0 unspecified atom stereocenters. The highest BCUT2D eigenvalue weighted by atomic mass is 16.5. The van der Waals surface area contributed by atoms with Crippen molar-refractivity contribution in [2.24, 2.45) is 14.1 Å². The molecule has 1 aliphatic rings. The Hall–Kier alpha value is -3.31. The van der Waals surface area contributed by atoms with Gasteiger partial charge in [0.25, 0.3) is 5.56 Å². The molecule has 11 heteroatoms. The quantitative estimate of drug-likeness (QED) is 0.511. The summed E-state index contributed by atoms with van der Waals surface area (Å²) < 4.78 is 15.0. The van der Waals surface area contributed by atoms with E-state index in [0.717, 1.165) is 30.7 Å². The molecular weight excluding hydrogens is 428 g/mol. The van der Waals surface area contributed by atoms with E-state index in [0.29, 0.717) is 23.1 Å². The number of aliphatic hydroxyl groups excluding tert-OH is 1. The van der Waals surface area contributed by atoms with E-state index in [9.17, 15) is 14.7 Å². The number of methoxy groups -OCH3 is 1. The summed E-state index contributed by atoms with van der Waals surface area (Å²) in [6, 6.07) is 7.08. The first-order chi connectivity index (χ1) is 15.8. The summed E-state index contributed by atoms with van der Waals surface area (Å²) in [5, 5.41) is 10.8. The molecule has 11 nitrogen and oxygen atoms in total. The summed E-state index contributed by atoms with van der Waals surface area (Å²) in [5.74, 6) is 1.88. The van der Waals surface area contributed by atoms with Gasteiger partial charge in [-0.2, -0.15) is 4.98 Å². The standard InChI is InChI=1S/C22H30N6O5/c1-24-9-11-27(12-10-24)21-23-19-18(20(30)26(3)22(31)25(19)2)28(21)13-15(29)14-33-17-7-5-16(32-4)6-8-17/h5-8,15,29H,9-14H2,1-4H3/t15-/m1/s1. The number of likely N-dealkylation sites (N-methyl/N-ethyl adjacent to an activating group) is 1. The first-order valence-electron chi connectivity index (χ1n) is 10.8. The van der Waals surface area contributed by atoms with Crippen molar-refractivity contribution in [2.45, 2.75) is 12.6 Å². The van der Waals surface area contributed by atoms with Gasteiger partial charge in [0.05, 0.1) is 13.7 Å². The maximum atomic E-state index is 13.0. The van der Waals surface area contributed by atoms with Crippen molar-refractivity contribution in [2.75, 3.05) is 51.8 Å². The molecule has 4 rings (SSSR count). The van der Waals surface area contributed by atoms with E-state index in [-0.39, 0.29) is 18.7 Å². The van der Waals surface area contributed by atoms with Crippen molar-refractivity contribution in [3.63, 3.8) is 0 Å². The molecule has 1 N–H and O–H groups in total. The lowest BCUT2D eigenvalue weighted by Gasteiger charge is -2.33. The van der Waals surface area contributed by atoms with E-state index < -0.39 is 17.4 Å². The lowest BCUT2D eigenvalue weighted by molar-refractivity contribution is 0.0935. The molecule has 0 saturated carbocycles. The first kappa shape index (κ1) is 22.9. The van der Waals surface area contributed by atoms with Crippen LogP contribution in [0.25, 0.3) is 11.2 Å². The third-order valence-electron chi connectivity index (χ3n) is 6.01. The third kappa shape index (κ3) is 4.46. The predicted molar refractivity (Wildman–Crippen MR) is 124 cm³/mol. The van der Waals surface area contributed by atoms with Crippen molar-refractivity contribution in [3.05, 3.63) is 45.1 Å². The Morgan fingerprint density at radius 2 is 1.64 bits per heavy atom. The Kier molecular flexibility index (Phi) is 6.43. The van der Waals surface area contributed by atoms with Gasteiger partial charge in [-0.25, -0.2) is 4.79 Å². The van der Waals surface area contributed by atoms with Gasteiger partial charge >= 0.3 is 5.69 Å². The number of ether oxygens (including phenoxy) is 2. The van der Waals surface area contributed by atoms with Crippen LogP contribution in [0.3, 0.4) is 0 Å². The second kappa shape index (κ2) is 9.28. The largest absolute Gasteiger partial charge is 0.497 e. The molecule has 0 bridgehead atoms. The molecule has 1 aromatic carbocycles. The second-order valence-electron chi connectivity index (χ2n) is 8.33. The lowest BCUT2D eigenvalue weighted by atomic mass is 10.3. The van der Waals surface area contributed by atoms with Gasteiger partial charge in [0.1, 0.15) is 24.2 Å². The molecule has 1 saturated heterocycles. The molecule has 0 amide bonds. The maximum absolute atomic E-state index is 13.0. The molecule has 0 spiro atoms. The summed E-state index contributed by atoms with van der Waals surface area (Å²) in [6.45, 7) is 3.29. The number of benzene rings is 1. The van der Waals surface area contributed by atoms with Crippen LogP contribution in [-0.2, 0) is 20.6 Å². The van der Waals surface area contributed by atoms with E-state index in [1.807, 2.05) is 0 Å². The van der Waals surface area contributed by atoms with E-state index >= 15 is 0 Å². The van der Waals surface area contributed by atoms with E-state index in [1.165, 1.54) is 11.6 Å². The number of fused-ring (bicyclic) bond motifs is 1. The highest BCUT2D eigenvalue weighted by molar-refractivity contribution is 5.74. The van der Waals surface area contributed by atoms with Crippen LogP contribution in [0.5, 0.6) is 11.5 Å². The van der Waals surface area contributed by atoms with Gasteiger partial charge in [-0.15, -0.1) is 0 Å². The zero-order chi connectivity index (χ0) is 23.7. The number of hydrogen-bond donors (Lipinski definition) is 1. The van der Waals surface area contributed by atoms with Crippen LogP contribution < -0.4 is 25.6 Å². The molecule has 3 aromatic rings. The SMILES string of the molecule is COc1ccc(OC[C@H](O)Cn2c(N3CCN(C)CC3)nc3c2c(=O)n(C)c(=O)n3C)cc1. The zero-order valence-corrected chi connectivity index (χ0v) is 19.4. The Bertz CT molecular complexity index is 1240. The molecule has 1 aliphatic heterocycles. The Morgan fingerprint density at radius 3 is 2.27 bits per heavy atom. The highest BCUT2D eigenvalue weighted by Crippen LogP contribution is 2.22. The summed E-state index contributed by atoms with van der Waals surface area (Å²) in [4.78, 5) is 34.4. The highest BCUT2D eigenvalue weighted by Gasteiger charge is 2.26. The number of rotatable bonds is 7. The molecule has 0 radical (unpaired) electrons. The van der Waals surface area contributed by atoms with Gasteiger partial charge in [-0.1, -0.05) is 0 Å². The number of nitrogens with zero attached hydrogens (tertiary/aromatic N) is 6. The van der Waals surface area contributed by atoms with Gasteiger partial charge in [0.2, 0.25) is 5.95 Å². The molecule has 3 heterocycles. The third-order valence-corrected chi connectivity index (χ3v) is 6.01. The van der Waals surface area contributed by atoms with Crippen LogP contribution in [0.2, 0.25) is 0 Å². The lowest BCUT2D eigenvalue weighted by Crippen LogP contribution is -2.45. The topological polar surface area (TPSA) is 107 Å². The number of aliphatic hydroxyl groups is 1. The van der Waals surface area contributed by atoms with E-state index in [2.05, 4.69) is 21.8 Å². The fraction of sp³-hybridized carbons (Fsp3) is 0.500. The smallest absolute Gasteiger partial charge is 0.332 e. The summed E-state index contributed by atoms with van der Waals surface area (Å²) in [7, 11) is 6.69. The average Bonchev–Trinajstić information content (AvgIpc) is 3.20. The zero-order valence-electron chi connectivity index (χ0n) is 19.4. The van der Waals surface area contributed by atoms with Crippen LogP contribution in [0.15, 0.2) is 33.9 Å². The predicted octanol–water partition coefficient (Wildman–Crippen LogP) is -0.366. The number of aryl methyl sites for hydroxylation is 1. The average molecular weight is 459 g/mol. The van der Waals surface area contributed by atoms with Gasteiger partial charge in [0, 0.05) is 40.3 Å². The van der Waals surface area contributed by atoms with E-state index in [1.54, 1.807) is 43.0 Å². The maximum Gasteiger partial charge on any atom is 0.332 e. The minimum absolute atomic E-state index is 0.0280. The minimum atomic E-state index is -0.905.